The Morgan fingerprint density at radius 1 is 1.17 bits per heavy atom. The van der Waals surface area contributed by atoms with Crippen molar-refractivity contribution in [3.63, 3.8) is 0 Å². The summed E-state index contributed by atoms with van der Waals surface area (Å²) in [4.78, 5) is 0. The summed E-state index contributed by atoms with van der Waals surface area (Å²) < 4.78 is 10.9. The maximum atomic E-state index is 5.78. The number of benzene rings is 1. The molecule has 1 aromatic carbocycles. The van der Waals surface area contributed by atoms with Crippen molar-refractivity contribution in [2.75, 3.05) is 14.2 Å². The second kappa shape index (κ2) is 6.64. The molecule has 3 heteroatoms. The van der Waals surface area contributed by atoms with Gasteiger partial charge in [0, 0.05) is 6.04 Å². The molecule has 1 atom stereocenters. The molecule has 18 heavy (non-hydrogen) atoms. The number of ether oxygens (including phenoxy) is 2. The lowest BCUT2D eigenvalue weighted by Crippen LogP contribution is -2.14. The molecule has 0 bridgehead atoms. The van der Waals surface area contributed by atoms with Gasteiger partial charge < -0.3 is 15.2 Å². The Balaban J connectivity index is 2.98. The van der Waals surface area contributed by atoms with E-state index in [1.807, 2.05) is 6.92 Å². The van der Waals surface area contributed by atoms with Gasteiger partial charge >= 0.3 is 0 Å². The summed E-state index contributed by atoms with van der Waals surface area (Å²) in [5.41, 5.74) is 9.29. The summed E-state index contributed by atoms with van der Waals surface area (Å²) in [6, 6.07) is 2.34. The number of methoxy groups -OCH3 is 2. The standard InChI is InChI=1S/C15H25NO2/c1-10(16)7-6-8-13-9-14(17-4)11(2)12(3)15(13)18-5/h9-10H,6-8,16H2,1-5H3. The van der Waals surface area contributed by atoms with Crippen LogP contribution >= 0.6 is 0 Å². The van der Waals surface area contributed by atoms with Crippen molar-refractivity contribution in [1.82, 2.24) is 0 Å². The van der Waals surface area contributed by atoms with Crippen LogP contribution in [0.2, 0.25) is 0 Å². The van der Waals surface area contributed by atoms with E-state index in [-0.39, 0.29) is 6.04 Å². The number of hydrogen-bond acceptors (Lipinski definition) is 3. The predicted molar refractivity (Wildman–Crippen MR) is 75.6 cm³/mol. The van der Waals surface area contributed by atoms with Crippen molar-refractivity contribution in [1.29, 1.82) is 0 Å². The van der Waals surface area contributed by atoms with Crippen LogP contribution in [0.1, 0.15) is 36.5 Å². The van der Waals surface area contributed by atoms with Crippen LogP contribution < -0.4 is 15.2 Å². The molecular weight excluding hydrogens is 226 g/mol. The molecule has 0 aliphatic carbocycles. The van der Waals surface area contributed by atoms with Gasteiger partial charge in [-0.2, -0.15) is 0 Å². The molecule has 0 saturated carbocycles. The summed E-state index contributed by atoms with van der Waals surface area (Å²) >= 11 is 0. The third-order valence-electron chi connectivity index (χ3n) is 3.40. The fourth-order valence-electron chi connectivity index (χ4n) is 2.22. The maximum Gasteiger partial charge on any atom is 0.125 e. The van der Waals surface area contributed by atoms with E-state index >= 15 is 0 Å². The van der Waals surface area contributed by atoms with E-state index in [9.17, 15) is 0 Å². The summed E-state index contributed by atoms with van der Waals surface area (Å²) in [6.07, 6.45) is 3.07. The van der Waals surface area contributed by atoms with Crippen molar-refractivity contribution in [3.05, 3.63) is 22.8 Å². The van der Waals surface area contributed by atoms with Gasteiger partial charge in [0.2, 0.25) is 0 Å². The highest BCUT2D eigenvalue weighted by Crippen LogP contribution is 2.34. The molecule has 0 spiro atoms. The zero-order valence-corrected chi connectivity index (χ0v) is 12.2. The molecule has 3 nitrogen and oxygen atoms in total. The molecule has 102 valence electrons. The minimum absolute atomic E-state index is 0.254. The fourth-order valence-corrected chi connectivity index (χ4v) is 2.22. The van der Waals surface area contributed by atoms with Gasteiger partial charge in [-0.05, 0) is 62.8 Å². The molecule has 0 saturated heterocycles. The van der Waals surface area contributed by atoms with Crippen LogP contribution in [0.3, 0.4) is 0 Å². The Kier molecular flexibility index (Phi) is 5.48. The molecular formula is C15H25NO2. The molecule has 1 rings (SSSR count). The quantitative estimate of drug-likeness (QED) is 0.845. The van der Waals surface area contributed by atoms with Crippen LogP contribution in [0.4, 0.5) is 0 Å². The Bertz CT molecular complexity index is 400. The van der Waals surface area contributed by atoms with E-state index < -0.39 is 0 Å². The minimum atomic E-state index is 0.254. The maximum absolute atomic E-state index is 5.78. The van der Waals surface area contributed by atoms with Crippen molar-refractivity contribution in [2.45, 2.75) is 46.1 Å². The molecule has 1 aromatic rings. The zero-order valence-electron chi connectivity index (χ0n) is 12.2. The first-order chi connectivity index (χ1) is 8.51. The van der Waals surface area contributed by atoms with Gasteiger partial charge in [0.25, 0.3) is 0 Å². The fraction of sp³-hybridized carbons (Fsp3) is 0.600. The predicted octanol–water partition coefficient (Wildman–Crippen LogP) is 2.99. The van der Waals surface area contributed by atoms with Crippen LogP contribution in [-0.2, 0) is 6.42 Å². The van der Waals surface area contributed by atoms with E-state index in [1.165, 1.54) is 5.56 Å². The highest BCUT2D eigenvalue weighted by Gasteiger charge is 2.13. The van der Waals surface area contributed by atoms with Gasteiger partial charge in [-0.3, -0.25) is 0 Å². The average Bonchev–Trinajstić information content (AvgIpc) is 2.33. The third kappa shape index (κ3) is 3.39. The Morgan fingerprint density at radius 3 is 2.33 bits per heavy atom. The van der Waals surface area contributed by atoms with Gasteiger partial charge in [-0.25, -0.2) is 0 Å². The van der Waals surface area contributed by atoms with Crippen LogP contribution in [0, 0.1) is 13.8 Å². The normalized spacial score (nSPS) is 12.3. The number of aryl methyl sites for hydroxylation is 1. The molecule has 0 radical (unpaired) electrons. The topological polar surface area (TPSA) is 44.5 Å². The van der Waals surface area contributed by atoms with E-state index in [2.05, 4.69) is 19.9 Å². The van der Waals surface area contributed by atoms with Gasteiger partial charge in [0.15, 0.2) is 0 Å². The van der Waals surface area contributed by atoms with E-state index in [1.54, 1.807) is 14.2 Å². The van der Waals surface area contributed by atoms with Crippen molar-refractivity contribution >= 4 is 0 Å². The largest absolute Gasteiger partial charge is 0.496 e. The van der Waals surface area contributed by atoms with Gasteiger partial charge in [0.1, 0.15) is 11.5 Å². The minimum Gasteiger partial charge on any atom is -0.496 e. The number of hydrogen-bond donors (Lipinski definition) is 1. The molecule has 1 unspecified atom stereocenters. The Morgan fingerprint density at radius 2 is 1.83 bits per heavy atom. The molecule has 0 aliphatic heterocycles. The van der Waals surface area contributed by atoms with Gasteiger partial charge in [-0.15, -0.1) is 0 Å². The lowest BCUT2D eigenvalue weighted by Gasteiger charge is -2.17. The Hall–Kier alpha value is -1.22. The van der Waals surface area contributed by atoms with Gasteiger partial charge in [-0.1, -0.05) is 0 Å². The SMILES string of the molecule is COc1cc(CCCC(C)N)c(OC)c(C)c1C. The molecule has 0 aromatic heterocycles. The molecule has 0 fully saturated rings. The Labute approximate surface area is 110 Å². The first kappa shape index (κ1) is 14.8. The second-order valence-electron chi connectivity index (χ2n) is 4.89. The van der Waals surface area contributed by atoms with E-state index in [0.717, 1.165) is 41.9 Å². The average molecular weight is 251 g/mol. The molecule has 0 amide bonds. The summed E-state index contributed by atoms with van der Waals surface area (Å²) in [7, 11) is 3.43. The number of nitrogens with two attached hydrogens (primary N) is 1. The highest BCUT2D eigenvalue weighted by atomic mass is 16.5. The number of rotatable bonds is 6. The summed E-state index contributed by atoms with van der Waals surface area (Å²) in [5.74, 6) is 1.92. The first-order valence-electron chi connectivity index (χ1n) is 6.47. The highest BCUT2D eigenvalue weighted by molar-refractivity contribution is 5.52. The smallest absolute Gasteiger partial charge is 0.125 e. The monoisotopic (exact) mass is 251 g/mol. The van der Waals surface area contributed by atoms with Crippen LogP contribution in [0.25, 0.3) is 0 Å². The van der Waals surface area contributed by atoms with Crippen molar-refractivity contribution in [2.24, 2.45) is 5.73 Å². The van der Waals surface area contributed by atoms with Crippen LogP contribution in [0.15, 0.2) is 6.07 Å². The van der Waals surface area contributed by atoms with Crippen LogP contribution in [0.5, 0.6) is 11.5 Å². The summed E-state index contributed by atoms with van der Waals surface area (Å²) in [6.45, 7) is 6.17. The van der Waals surface area contributed by atoms with E-state index in [0.29, 0.717) is 0 Å². The zero-order chi connectivity index (χ0) is 13.7. The molecule has 2 N–H and O–H groups in total. The molecule has 0 aliphatic rings. The second-order valence-corrected chi connectivity index (χ2v) is 4.89. The van der Waals surface area contributed by atoms with E-state index in [4.69, 9.17) is 15.2 Å². The van der Waals surface area contributed by atoms with Crippen molar-refractivity contribution < 1.29 is 9.47 Å². The van der Waals surface area contributed by atoms with Gasteiger partial charge in [0.05, 0.1) is 14.2 Å². The summed E-state index contributed by atoms with van der Waals surface area (Å²) in [5, 5.41) is 0. The molecule has 0 heterocycles. The van der Waals surface area contributed by atoms with Crippen LogP contribution in [-0.4, -0.2) is 20.3 Å². The lowest BCUT2D eigenvalue weighted by atomic mass is 9.98. The van der Waals surface area contributed by atoms with Crippen molar-refractivity contribution in [3.8, 4) is 11.5 Å². The first-order valence-corrected chi connectivity index (χ1v) is 6.47. The lowest BCUT2D eigenvalue weighted by molar-refractivity contribution is 0.392. The third-order valence-corrected chi connectivity index (χ3v) is 3.40.